The van der Waals surface area contributed by atoms with Gasteiger partial charge in [-0.2, -0.15) is 11.8 Å². The highest BCUT2D eigenvalue weighted by atomic mass is 32.2. The molecule has 0 saturated carbocycles. The zero-order valence-corrected chi connectivity index (χ0v) is 10.6. The first-order chi connectivity index (χ1) is 7.74. The molecule has 1 aromatic rings. The van der Waals surface area contributed by atoms with Crippen LogP contribution in [0.25, 0.3) is 0 Å². The van der Waals surface area contributed by atoms with Crippen LogP contribution in [0, 0.1) is 0 Å². The molecule has 1 aliphatic heterocycles. The van der Waals surface area contributed by atoms with Gasteiger partial charge in [-0.25, -0.2) is 0 Å². The molecular formula is C12H18N2OS. The van der Waals surface area contributed by atoms with Gasteiger partial charge < -0.3 is 15.4 Å². The number of methoxy groups -OCH3 is 1. The van der Waals surface area contributed by atoms with E-state index in [4.69, 9.17) is 10.5 Å². The van der Waals surface area contributed by atoms with Crippen molar-refractivity contribution < 1.29 is 4.74 Å². The smallest absolute Gasteiger partial charge is 0.143 e. The van der Waals surface area contributed by atoms with Gasteiger partial charge in [0.25, 0.3) is 0 Å². The van der Waals surface area contributed by atoms with Crippen LogP contribution in [0.3, 0.4) is 0 Å². The Bertz CT molecular complexity index is 370. The van der Waals surface area contributed by atoms with E-state index >= 15 is 0 Å². The van der Waals surface area contributed by atoms with Crippen LogP contribution >= 0.6 is 11.8 Å². The summed E-state index contributed by atoms with van der Waals surface area (Å²) in [5, 5.41) is 0. The molecule has 0 amide bonds. The van der Waals surface area contributed by atoms with Gasteiger partial charge in [0, 0.05) is 24.1 Å². The number of para-hydroxylation sites is 1. The van der Waals surface area contributed by atoms with Crippen LogP contribution in [0.2, 0.25) is 0 Å². The van der Waals surface area contributed by atoms with Gasteiger partial charge in [0.05, 0.1) is 18.5 Å². The van der Waals surface area contributed by atoms with Crippen molar-refractivity contribution in [1.29, 1.82) is 0 Å². The van der Waals surface area contributed by atoms with Crippen molar-refractivity contribution in [2.24, 2.45) is 0 Å². The van der Waals surface area contributed by atoms with Crippen molar-refractivity contribution in [3.8, 4) is 5.75 Å². The first-order valence-corrected chi connectivity index (χ1v) is 6.66. The molecule has 0 bridgehead atoms. The summed E-state index contributed by atoms with van der Waals surface area (Å²) in [6.07, 6.45) is 0. The van der Waals surface area contributed by atoms with Crippen LogP contribution in [0.1, 0.15) is 6.92 Å². The third kappa shape index (κ3) is 2.07. The number of thioether (sulfide) groups is 1. The second-order valence-corrected chi connectivity index (χ2v) is 5.16. The second kappa shape index (κ2) is 4.87. The molecule has 1 saturated heterocycles. The quantitative estimate of drug-likeness (QED) is 0.802. The van der Waals surface area contributed by atoms with E-state index in [1.807, 2.05) is 23.9 Å². The van der Waals surface area contributed by atoms with Gasteiger partial charge in [0.2, 0.25) is 0 Å². The van der Waals surface area contributed by atoms with E-state index in [1.54, 1.807) is 7.11 Å². The van der Waals surface area contributed by atoms with E-state index in [-0.39, 0.29) is 0 Å². The molecule has 0 spiro atoms. The maximum absolute atomic E-state index is 6.11. The molecule has 1 aliphatic rings. The summed E-state index contributed by atoms with van der Waals surface area (Å²) in [5.74, 6) is 3.10. The van der Waals surface area contributed by atoms with E-state index in [0.29, 0.717) is 6.04 Å². The Kier molecular flexibility index (Phi) is 3.49. The van der Waals surface area contributed by atoms with E-state index in [1.165, 1.54) is 5.75 Å². The zero-order valence-electron chi connectivity index (χ0n) is 9.77. The highest BCUT2D eigenvalue weighted by Crippen LogP contribution is 2.34. The summed E-state index contributed by atoms with van der Waals surface area (Å²) in [6.45, 7) is 3.30. The molecule has 0 radical (unpaired) electrons. The number of nitrogen functional groups attached to an aromatic ring is 1. The van der Waals surface area contributed by atoms with Crippen molar-refractivity contribution in [3.63, 3.8) is 0 Å². The van der Waals surface area contributed by atoms with Crippen molar-refractivity contribution in [3.05, 3.63) is 18.2 Å². The van der Waals surface area contributed by atoms with E-state index in [2.05, 4.69) is 17.9 Å². The fraction of sp³-hybridized carbons (Fsp3) is 0.500. The molecular weight excluding hydrogens is 220 g/mol. The lowest BCUT2D eigenvalue weighted by Gasteiger charge is -2.36. The second-order valence-electron chi connectivity index (χ2n) is 4.01. The van der Waals surface area contributed by atoms with Crippen LogP contribution in [0.4, 0.5) is 11.4 Å². The molecule has 16 heavy (non-hydrogen) atoms. The number of hydrogen-bond acceptors (Lipinski definition) is 4. The van der Waals surface area contributed by atoms with Gasteiger partial charge in [0.1, 0.15) is 5.75 Å². The van der Waals surface area contributed by atoms with E-state index in [0.717, 1.165) is 29.4 Å². The lowest BCUT2D eigenvalue weighted by molar-refractivity contribution is 0.417. The first-order valence-electron chi connectivity index (χ1n) is 5.51. The molecule has 1 atom stereocenters. The standard InChI is InChI=1S/C12H18N2OS/c1-9-8-16-7-6-14(9)10-4-3-5-11(15-2)12(10)13/h3-5,9H,6-8,13H2,1-2H3. The Hall–Kier alpha value is -1.03. The fourth-order valence-corrected chi connectivity index (χ4v) is 3.06. The van der Waals surface area contributed by atoms with Gasteiger partial charge in [-0.15, -0.1) is 0 Å². The lowest BCUT2D eigenvalue weighted by atomic mass is 10.2. The summed E-state index contributed by atoms with van der Waals surface area (Å²) >= 11 is 2.00. The molecule has 3 nitrogen and oxygen atoms in total. The topological polar surface area (TPSA) is 38.5 Å². The summed E-state index contributed by atoms with van der Waals surface area (Å²) < 4.78 is 5.25. The highest BCUT2D eigenvalue weighted by Gasteiger charge is 2.21. The van der Waals surface area contributed by atoms with Crippen molar-refractivity contribution >= 4 is 23.1 Å². The average Bonchev–Trinajstić information content (AvgIpc) is 2.31. The average molecular weight is 238 g/mol. The summed E-state index contributed by atoms with van der Waals surface area (Å²) in [7, 11) is 1.66. The van der Waals surface area contributed by atoms with Crippen LogP contribution in [0.15, 0.2) is 18.2 Å². The monoisotopic (exact) mass is 238 g/mol. The summed E-state index contributed by atoms with van der Waals surface area (Å²) in [6, 6.07) is 6.51. The van der Waals surface area contributed by atoms with Gasteiger partial charge in [0.15, 0.2) is 0 Å². The Morgan fingerprint density at radius 2 is 2.31 bits per heavy atom. The fourth-order valence-electron chi connectivity index (χ4n) is 2.05. The van der Waals surface area contributed by atoms with Crippen LogP contribution in [-0.2, 0) is 0 Å². The Morgan fingerprint density at radius 1 is 1.50 bits per heavy atom. The minimum Gasteiger partial charge on any atom is -0.495 e. The maximum atomic E-state index is 6.11. The van der Waals surface area contributed by atoms with Crippen molar-refractivity contribution in [2.45, 2.75) is 13.0 Å². The molecule has 4 heteroatoms. The zero-order chi connectivity index (χ0) is 11.5. The number of nitrogens with two attached hydrogens (primary N) is 1. The molecule has 2 N–H and O–H groups in total. The molecule has 0 aliphatic carbocycles. The van der Waals surface area contributed by atoms with Crippen molar-refractivity contribution in [2.75, 3.05) is 35.8 Å². The number of anilines is 2. The number of ether oxygens (including phenoxy) is 1. The Morgan fingerprint density at radius 3 is 3.00 bits per heavy atom. The van der Waals surface area contributed by atoms with Gasteiger partial charge in [-0.3, -0.25) is 0 Å². The largest absolute Gasteiger partial charge is 0.495 e. The number of nitrogens with zero attached hydrogens (tertiary/aromatic N) is 1. The van der Waals surface area contributed by atoms with Gasteiger partial charge in [-0.05, 0) is 19.1 Å². The molecule has 1 fully saturated rings. The third-order valence-electron chi connectivity index (χ3n) is 2.94. The molecule has 1 aromatic carbocycles. The molecule has 2 rings (SSSR count). The molecule has 0 aromatic heterocycles. The normalized spacial score (nSPS) is 20.9. The Labute approximate surface area is 101 Å². The van der Waals surface area contributed by atoms with Gasteiger partial charge in [-0.1, -0.05) is 6.07 Å². The van der Waals surface area contributed by atoms with E-state index < -0.39 is 0 Å². The first kappa shape index (κ1) is 11.5. The van der Waals surface area contributed by atoms with Crippen molar-refractivity contribution in [1.82, 2.24) is 0 Å². The predicted octanol–water partition coefficient (Wildman–Crippen LogP) is 2.22. The van der Waals surface area contributed by atoms with Crippen LogP contribution < -0.4 is 15.4 Å². The number of hydrogen-bond donors (Lipinski definition) is 1. The molecule has 1 heterocycles. The minimum absolute atomic E-state index is 0.535. The number of benzene rings is 1. The predicted molar refractivity (Wildman–Crippen MR) is 71.5 cm³/mol. The maximum Gasteiger partial charge on any atom is 0.143 e. The van der Waals surface area contributed by atoms with Crippen LogP contribution in [-0.4, -0.2) is 31.2 Å². The molecule has 88 valence electrons. The Balaban J connectivity index is 2.31. The highest BCUT2D eigenvalue weighted by molar-refractivity contribution is 7.99. The van der Waals surface area contributed by atoms with E-state index in [9.17, 15) is 0 Å². The SMILES string of the molecule is COc1cccc(N2CCSCC2C)c1N. The summed E-state index contributed by atoms with van der Waals surface area (Å²) in [4.78, 5) is 2.37. The lowest BCUT2D eigenvalue weighted by Crippen LogP contribution is -2.40. The number of rotatable bonds is 2. The summed E-state index contributed by atoms with van der Waals surface area (Å²) in [5.41, 5.74) is 7.97. The molecule has 1 unspecified atom stereocenters. The minimum atomic E-state index is 0.535. The van der Waals surface area contributed by atoms with Crippen LogP contribution in [0.5, 0.6) is 5.75 Å². The van der Waals surface area contributed by atoms with Gasteiger partial charge >= 0.3 is 0 Å². The third-order valence-corrected chi connectivity index (χ3v) is 4.13.